The molecule has 0 radical (unpaired) electrons. The van der Waals surface area contributed by atoms with E-state index in [1.54, 1.807) is 7.11 Å². The minimum absolute atomic E-state index is 0.0778. The summed E-state index contributed by atoms with van der Waals surface area (Å²) in [6.07, 6.45) is 0.515. The molecule has 0 aromatic heterocycles. The van der Waals surface area contributed by atoms with E-state index in [0.717, 1.165) is 25.7 Å². The van der Waals surface area contributed by atoms with Gasteiger partial charge in [-0.3, -0.25) is 4.79 Å². The Balaban J connectivity index is 2.06. The molecule has 1 amide bonds. The first kappa shape index (κ1) is 16.6. The molecule has 0 unspecified atom stereocenters. The summed E-state index contributed by atoms with van der Waals surface area (Å²) in [4.78, 5) is 14.3. The van der Waals surface area contributed by atoms with Gasteiger partial charge in [0.1, 0.15) is 0 Å². The molecule has 2 aliphatic rings. The number of nitrogens with zero attached hydrogens (tertiary/aromatic N) is 1. The van der Waals surface area contributed by atoms with Crippen molar-refractivity contribution in [1.82, 2.24) is 4.90 Å². The zero-order valence-electron chi connectivity index (χ0n) is 12.5. The van der Waals surface area contributed by atoms with Gasteiger partial charge in [0.25, 0.3) is 0 Å². The Bertz CT molecular complexity index is 364. The van der Waals surface area contributed by atoms with Crippen LogP contribution in [0.15, 0.2) is 0 Å². The van der Waals surface area contributed by atoms with Crippen molar-refractivity contribution in [1.29, 1.82) is 0 Å². The number of amides is 1. The number of rotatable bonds is 4. The quantitative estimate of drug-likeness (QED) is 0.797. The summed E-state index contributed by atoms with van der Waals surface area (Å²) in [6.45, 7) is 0.777. The highest BCUT2D eigenvalue weighted by atomic mass is 19.4. The van der Waals surface area contributed by atoms with Gasteiger partial charge in [0.05, 0.1) is 11.3 Å². The van der Waals surface area contributed by atoms with Crippen LogP contribution in [0.1, 0.15) is 44.9 Å². The fourth-order valence-electron chi connectivity index (χ4n) is 3.68. The van der Waals surface area contributed by atoms with E-state index in [0.29, 0.717) is 26.0 Å². The molecule has 1 atom stereocenters. The smallest absolute Gasteiger partial charge is 0.385 e. The molecule has 1 saturated heterocycles. The molecule has 2 rings (SSSR count). The third-order valence-corrected chi connectivity index (χ3v) is 4.97. The highest BCUT2D eigenvalue weighted by Gasteiger charge is 2.47. The average molecular weight is 307 g/mol. The number of hydrogen-bond acceptors (Lipinski definition) is 2. The van der Waals surface area contributed by atoms with Crippen LogP contribution in [0.2, 0.25) is 0 Å². The minimum Gasteiger partial charge on any atom is -0.385 e. The molecule has 0 bridgehead atoms. The van der Waals surface area contributed by atoms with E-state index in [2.05, 4.69) is 0 Å². The lowest BCUT2D eigenvalue weighted by molar-refractivity contribution is -0.190. The average Bonchev–Trinajstić information content (AvgIpc) is 2.93. The van der Waals surface area contributed by atoms with E-state index >= 15 is 0 Å². The highest BCUT2D eigenvalue weighted by Crippen LogP contribution is 2.44. The molecule has 0 N–H and O–H groups in total. The summed E-state index contributed by atoms with van der Waals surface area (Å²) < 4.78 is 43.8. The Hall–Kier alpha value is -0.780. The molecular formula is C15H24F3NO2. The van der Waals surface area contributed by atoms with Gasteiger partial charge in [-0.1, -0.05) is 12.8 Å². The topological polar surface area (TPSA) is 29.5 Å². The Morgan fingerprint density at radius 1 is 1.29 bits per heavy atom. The van der Waals surface area contributed by atoms with Crippen molar-refractivity contribution >= 4 is 5.91 Å². The maximum atomic E-state index is 12.9. The largest absolute Gasteiger partial charge is 0.393 e. The van der Waals surface area contributed by atoms with E-state index in [1.807, 2.05) is 0 Å². The first-order chi connectivity index (χ1) is 9.89. The summed E-state index contributed by atoms with van der Waals surface area (Å²) in [6, 6.07) is 0. The Morgan fingerprint density at radius 2 is 1.95 bits per heavy atom. The Morgan fingerprint density at radius 3 is 2.52 bits per heavy atom. The molecule has 0 aromatic rings. The SMILES string of the molecule is COCCC1(C(=O)N2CCC[C@H](C(F)(F)F)C2)CCCC1. The lowest BCUT2D eigenvalue weighted by Crippen LogP contribution is -2.50. The van der Waals surface area contributed by atoms with Crippen LogP contribution in [0.3, 0.4) is 0 Å². The predicted octanol–water partition coefficient (Wildman–Crippen LogP) is 3.38. The number of halogens is 3. The molecule has 1 heterocycles. The van der Waals surface area contributed by atoms with Gasteiger partial charge < -0.3 is 9.64 Å². The van der Waals surface area contributed by atoms with Crippen molar-refractivity contribution in [2.75, 3.05) is 26.8 Å². The fraction of sp³-hybridized carbons (Fsp3) is 0.933. The molecule has 1 aliphatic carbocycles. The van der Waals surface area contributed by atoms with Gasteiger partial charge >= 0.3 is 6.18 Å². The van der Waals surface area contributed by atoms with Crippen LogP contribution in [-0.2, 0) is 9.53 Å². The molecule has 122 valence electrons. The maximum Gasteiger partial charge on any atom is 0.393 e. The van der Waals surface area contributed by atoms with E-state index in [4.69, 9.17) is 4.74 Å². The number of methoxy groups -OCH3 is 1. The number of hydrogen-bond donors (Lipinski definition) is 0. The predicted molar refractivity (Wildman–Crippen MR) is 72.8 cm³/mol. The van der Waals surface area contributed by atoms with Crippen LogP contribution in [0, 0.1) is 11.3 Å². The molecule has 3 nitrogen and oxygen atoms in total. The minimum atomic E-state index is -4.20. The monoisotopic (exact) mass is 307 g/mol. The van der Waals surface area contributed by atoms with Crippen LogP contribution >= 0.6 is 0 Å². The second-order valence-electron chi connectivity index (χ2n) is 6.36. The molecule has 1 aliphatic heterocycles. The van der Waals surface area contributed by atoms with Gasteiger partial charge in [-0.05, 0) is 32.1 Å². The summed E-state index contributed by atoms with van der Waals surface area (Å²) in [5.74, 6) is -1.44. The lowest BCUT2D eigenvalue weighted by atomic mass is 9.80. The van der Waals surface area contributed by atoms with Crippen LogP contribution in [0.5, 0.6) is 0 Å². The zero-order chi connectivity index (χ0) is 15.5. The van der Waals surface area contributed by atoms with Gasteiger partial charge in [-0.2, -0.15) is 13.2 Å². The summed E-state index contributed by atoms with van der Waals surface area (Å²) in [5, 5.41) is 0. The molecule has 21 heavy (non-hydrogen) atoms. The Labute approximate surface area is 123 Å². The standard InChI is InChI=1S/C15H24F3NO2/c1-21-10-8-14(6-2-3-7-14)13(20)19-9-4-5-12(11-19)15(16,17)18/h12H,2-11H2,1H3/t12-/m0/s1. The van der Waals surface area contributed by atoms with Crippen LogP contribution in [0.4, 0.5) is 13.2 Å². The number of carbonyl (C=O) groups is 1. The third-order valence-electron chi connectivity index (χ3n) is 4.97. The van der Waals surface area contributed by atoms with E-state index in [-0.39, 0.29) is 18.9 Å². The molecule has 1 saturated carbocycles. The van der Waals surface area contributed by atoms with Crippen LogP contribution in [0.25, 0.3) is 0 Å². The highest BCUT2D eigenvalue weighted by molar-refractivity contribution is 5.83. The van der Waals surface area contributed by atoms with Crippen molar-refractivity contribution in [2.45, 2.75) is 51.1 Å². The van der Waals surface area contributed by atoms with Crippen LogP contribution in [-0.4, -0.2) is 43.8 Å². The second kappa shape index (κ2) is 6.55. The normalized spacial score (nSPS) is 26.1. The first-order valence-corrected chi connectivity index (χ1v) is 7.74. The van der Waals surface area contributed by atoms with Crippen molar-refractivity contribution < 1.29 is 22.7 Å². The summed E-state index contributed by atoms with van der Waals surface area (Å²) in [7, 11) is 1.59. The number of carbonyl (C=O) groups excluding carboxylic acids is 1. The number of ether oxygens (including phenoxy) is 1. The van der Waals surface area contributed by atoms with Crippen molar-refractivity contribution in [3.8, 4) is 0 Å². The second-order valence-corrected chi connectivity index (χ2v) is 6.36. The van der Waals surface area contributed by atoms with Gasteiger partial charge in [-0.15, -0.1) is 0 Å². The molecule has 0 aromatic carbocycles. The fourth-order valence-corrected chi connectivity index (χ4v) is 3.68. The lowest BCUT2D eigenvalue weighted by Gasteiger charge is -2.39. The van der Waals surface area contributed by atoms with Crippen molar-refractivity contribution in [3.63, 3.8) is 0 Å². The third kappa shape index (κ3) is 3.71. The van der Waals surface area contributed by atoms with E-state index in [1.165, 1.54) is 4.90 Å². The van der Waals surface area contributed by atoms with Crippen molar-refractivity contribution in [2.24, 2.45) is 11.3 Å². The molecular weight excluding hydrogens is 283 g/mol. The van der Waals surface area contributed by atoms with Gasteiger partial charge in [0, 0.05) is 26.8 Å². The zero-order valence-corrected chi connectivity index (χ0v) is 12.5. The first-order valence-electron chi connectivity index (χ1n) is 7.74. The summed E-state index contributed by atoms with van der Waals surface area (Å²) in [5.41, 5.74) is -0.483. The van der Waals surface area contributed by atoms with Gasteiger partial charge in [0.2, 0.25) is 5.91 Å². The number of alkyl halides is 3. The maximum absolute atomic E-state index is 12.9. The molecule has 2 fully saturated rings. The van der Waals surface area contributed by atoms with E-state index in [9.17, 15) is 18.0 Å². The number of likely N-dealkylation sites (tertiary alicyclic amines) is 1. The van der Waals surface area contributed by atoms with Crippen LogP contribution < -0.4 is 0 Å². The Kier molecular flexibility index (Phi) is 5.17. The van der Waals surface area contributed by atoms with Crippen molar-refractivity contribution in [3.05, 3.63) is 0 Å². The van der Waals surface area contributed by atoms with E-state index < -0.39 is 17.5 Å². The molecule has 6 heteroatoms. The number of piperidine rings is 1. The van der Waals surface area contributed by atoms with Gasteiger partial charge in [0.15, 0.2) is 0 Å². The molecule has 0 spiro atoms. The van der Waals surface area contributed by atoms with Gasteiger partial charge in [-0.25, -0.2) is 0 Å². The summed E-state index contributed by atoms with van der Waals surface area (Å²) >= 11 is 0.